The second-order valence-corrected chi connectivity index (χ2v) is 4.73. The van der Waals surface area contributed by atoms with Gasteiger partial charge in [-0.3, -0.25) is 4.98 Å². The highest BCUT2D eigenvalue weighted by Crippen LogP contribution is 2.33. The Labute approximate surface area is 108 Å². The molecule has 0 spiro atoms. The Bertz CT molecular complexity index is 510. The molecule has 0 radical (unpaired) electrons. The lowest BCUT2D eigenvalue weighted by Gasteiger charge is -2.29. The van der Waals surface area contributed by atoms with Crippen LogP contribution in [0.25, 0.3) is 0 Å². The molecule has 1 heterocycles. The fourth-order valence-corrected chi connectivity index (χ4v) is 2.31. The molecule has 0 aliphatic carbocycles. The summed E-state index contributed by atoms with van der Waals surface area (Å²) >= 11 is 0. The highest BCUT2D eigenvalue weighted by atomic mass is 16.3. The van der Waals surface area contributed by atoms with Gasteiger partial charge in [-0.25, -0.2) is 0 Å². The first kappa shape index (κ1) is 12.8. The SMILES string of the molecule is CCCC(O)(c1ccccc1)c1cncc(C)c1. The third kappa shape index (κ3) is 2.44. The van der Waals surface area contributed by atoms with E-state index < -0.39 is 5.60 Å². The van der Waals surface area contributed by atoms with Crippen molar-refractivity contribution >= 4 is 0 Å². The maximum atomic E-state index is 11.0. The van der Waals surface area contributed by atoms with Gasteiger partial charge < -0.3 is 5.11 Å². The monoisotopic (exact) mass is 241 g/mol. The number of pyridine rings is 1. The topological polar surface area (TPSA) is 33.1 Å². The zero-order chi connectivity index (χ0) is 13.0. The van der Waals surface area contributed by atoms with Crippen LogP contribution in [0, 0.1) is 6.92 Å². The lowest BCUT2D eigenvalue weighted by molar-refractivity contribution is 0.0697. The average molecular weight is 241 g/mol. The Morgan fingerprint density at radius 2 is 1.83 bits per heavy atom. The molecule has 1 unspecified atom stereocenters. The molecule has 0 aliphatic rings. The standard InChI is InChI=1S/C16H19NO/c1-3-9-16(18,14-7-5-4-6-8-14)15-10-13(2)11-17-12-15/h4-8,10-12,18H,3,9H2,1-2H3. The number of hydrogen-bond donors (Lipinski definition) is 1. The van der Waals surface area contributed by atoms with Crippen molar-refractivity contribution in [2.45, 2.75) is 32.3 Å². The van der Waals surface area contributed by atoms with Crippen molar-refractivity contribution in [3.05, 3.63) is 65.5 Å². The summed E-state index contributed by atoms with van der Waals surface area (Å²) in [5.41, 5.74) is 1.93. The number of benzene rings is 1. The molecule has 18 heavy (non-hydrogen) atoms. The number of aromatic nitrogens is 1. The highest BCUT2D eigenvalue weighted by Gasteiger charge is 2.30. The molecular weight excluding hydrogens is 222 g/mol. The molecule has 2 aromatic rings. The first-order valence-electron chi connectivity index (χ1n) is 6.37. The third-order valence-corrected chi connectivity index (χ3v) is 3.22. The molecule has 2 rings (SSSR count). The molecule has 0 saturated heterocycles. The summed E-state index contributed by atoms with van der Waals surface area (Å²) in [4.78, 5) is 4.20. The molecule has 1 aromatic carbocycles. The molecule has 0 saturated carbocycles. The van der Waals surface area contributed by atoms with E-state index >= 15 is 0 Å². The molecule has 0 amide bonds. The Balaban J connectivity index is 2.50. The van der Waals surface area contributed by atoms with Gasteiger partial charge in [0.05, 0.1) is 0 Å². The smallest absolute Gasteiger partial charge is 0.116 e. The molecule has 94 valence electrons. The Hall–Kier alpha value is -1.67. The summed E-state index contributed by atoms with van der Waals surface area (Å²) in [6, 6.07) is 11.8. The van der Waals surface area contributed by atoms with E-state index in [2.05, 4.69) is 11.9 Å². The van der Waals surface area contributed by atoms with E-state index in [4.69, 9.17) is 0 Å². The van der Waals surface area contributed by atoms with Crippen molar-refractivity contribution in [2.24, 2.45) is 0 Å². The fraction of sp³-hybridized carbons (Fsp3) is 0.312. The molecule has 1 aromatic heterocycles. The van der Waals surface area contributed by atoms with Crippen LogP contribution in [-0.4, -0.2) is 10.1 Å². The number of nitrogens with zero attached hydrogens (tertiary/aromatic N) is 1. The molecule has 0 bridgehead atoms. The van der Waals surface area contributed by atoms with Gasteiger partial charge in [0.2, 0.25) is 0 Å². The van der Waals surface area contributed by atoms with E-state index in [0.29, 0.717) is 6.42 Å². The molecule has 0 aliphatic heterocycles. The van der Waals surface area contributed by atoms with Gasteiger partial charge in [0.1, 0.15) is 5.60 Å². The van der Waals surface area contributed by atoms with Crippen LogP contribution in [0.1, 0.15) is 36.5 Å². The minimum atomic E-state index is -0.935. The lowest BCUT2D eigenvalue weighted by Crippen LogP contribution is -2.27. The van der Waals surface area contributed by atoms with Crippen LogP contribution in [0.4, 0.5) is 0 Å². The third-order valence-electron chi connectivity index (χ3n) is 3.22. The summed E-state index contributed by atoms with van der Waals surface area (Å²) < 4.78 is 0. The van der Waals surface area contributed by atoms with Crippen LogP contribution in [-0.2, 0) is 5.60 Å². The number of aryl methyl sites for hydroxylation is 1. The van der Waals surface area contributed by atoms with Crippen LogP contribution in [0.5, 0.6) is 0 Å². The van der Waals surface area contributed by atoms with E-state index in [-0.39, 0.29) is 0 Å². The molecular formula is C16H19NO. The first-order valence-corrected chi connectivity index (χ1v) is 6.37. The highest BCUT2D eigenvalue weighted by molar-refractivity contribution is 5.35. The van der Waals surface area contributed by atoms with Gasteiger partial charge in [-0.15, -0.1) is 0 Å². The van der Waals surface area contributed by atoms with Crippen molar-refractivity contribution in [2.75, 3.05) is 0 Å². The van der Waals surface area contributed by atoms with Crippen molar-refractivity contribution in [3.63, 3.8) is 0 Å². The fourth-order valence-electron chi connectivity index (χ4n) is 2.31. The average Bonchev–Trinajstić information content (AvgIpc) is 2.40. The second-order valence-electron chi connectivity index (χ2n) is 4.73. The predicted octanol–water partition coefficient (Wildman–Crippen LogP) is 3.43. The largest absolute Gasteiger partial charge is 0.380 e. The van der Waals surface area contributed by atoms with Crippen molar-refractivity contribution < 1.29 is 5.11 Å². The van der Waals surface area contributed by atoms with Crippen LogP contribution in [0.2, 0.25) is 0 Å². The molecule has 2 heteroatoms. The first-order chi connectivity index (χ1) is 8.66. The maximum absolute atomic E-state index is 11.0. The van der Waals surface area contributed by atoms with E-state index in [0.717, 1.165) is 23.1 Å². The number of hydrogen-bond acceptors (Lipinski definition) is 2. The molecule has 1 atom stereocenters. The van der Waals surface area contributed by atoms with Gasteiger partial charge in [0.25, 0.3) is 0 Å². The normalized spacial score (nSPS) is 14.2. The zero-order valence-corrected chi connectivity index (χ0v) is 10.9. The molecule has 1 N–H and O–H groups in total. The predicted molar refractivity (Wildman–Crippen MR) is 73.3 cm³/mol. The van der Waals surface area contributed by atoms with E-state index in [1.165, 1.54) is 0 Å². The van der Waals surface area contributed by atoms with Crippen molar-refractivity contribution in [1.82, 2.24) is 4.98 Å². The van der Waals surface area contributed by atoms with Gasteiger partial charge >= 0.3 is 0 Å². The van der Waals surface area contributed by atoms with Crippen LogP contribution >= 0.6 is 0 Å². The van der Waals surface area contributed by atoms with E-state index in [9.17, 15) is 5.11 Å². The van der Waals surface area contributed by atoms with Gasteiger partial charge in [0.15, 0.2) is 0 Å². The number of aliphatic hydroxyl groups is 1. The Morgan fingerprint density at radius 1 is 1.11 bits per heavy atom. The maximum Gasteiger partial charge on any atom is 0.116 e. The summed E-state index contributed by atoms with van der Waals surface area (Å²) in [6.45, 7) is 4.07. The minimum Gasteiger partial charge on any atom is -0.380 e. The van der Waals surface area contributed by atoms with Gasteiger partial charge in [-0.1, -0.05) is 43.7 Å². The number of rotatable bonds is 4. The van der Waals surface area contributed by atoms with Crippen LogP contribution in [0.3, 0.4) is 0 Å². The Kier molecular flexibility index (Phi) is 3.78. The summed E-state index contributed by atoms with van der Waals surface area (Å²) in [5, 5.41) is 11.0. The van der Waals surface area contributed by atoms with Crippen molar-refractivity contribution in [3.8, 4) is 0 Å². The van der Waals surface area contributed by atoms with Crippen LogP contribution < -0.4 is 0 Å². The minimum absolute atomic E-state index is 0.697. The van der Waals surface area contributed by atoms with E-state index in [1.54, 1.807) is 12.4 Å². The Morgan fingerprint density at radius 3 is 2.44 bits per heavy atom. The van der Waals surface area contributed by atoms with Gasteiger partial charge in [0, 0.05) is 18.0 Å². The van der Waals surface area contributed by atoms with Gasteiger partial charge in [-0.05, 0) is 30.5 Å². The lowest BCUT2D eigenvalue weighted by atomic mass is 9.83. The summed E-state index contributed by atoms with van der Waals surface area (Å²) in [6.07, 6.45) is 5.18. The van der Waals surface area contributed by atoms with Gasteiger partial charge in [-0.2, -0.15) is 0 Å². The quantitative estimate of drug-likeness (QED) is 0.889. The van der Waals surface area contributed by atoms with Crippen LogP contribution in [0.15, 0.2) is 48.8 Å². The summed E-state index contributed by atoms with van der Waals surface area (Å²) in [5.74, 6) is 0. The zero-order valence-electron chi connectivity index (χ0n) is 10.9. The second kappa shape index (κ2) is 5.32. The summed E-state index contributed by atoms with van der Waals surface area (Å²) in [7, 11) is 0. The molecule has 2 nitrogen and oxygen atoms in total. The van der Waals surface area contributed by atoms with Crippen molar-refractivity contribution in [1.29, 1.82) is 0 Å². The van der Waals surface area contributed by atoms with E-state index in [1.807, 2.05) is 43.3 Å². The molecule has 0 fully saturated rings.